The first-order valence-corrected chi connectivity index (χ1v) is 9.79. The molecule has 0 saturated carbocycles. The lowest BCUT2D eigenvalue weighted by Gasteiger charge is -2.11. The standard InChI is InChI=1S/C24H16ClF2N3/c25-17-8-6-15(7-9-17)13-30-14-29-23(16-4-2-1-3-5-16)24(30)19-12-28-22-11-21(27)20(26)10-18(19)22/h1-12,14,28H,13H2. The molecule has 2 heterocycles. The third-order valence-corrected chi connectivity index (χ3v) is 5.38. The third kappa shape index (κ3) is 3.27. The number of rotatable bonds is 4. The van der Waals surface area contributed by atoms with Gasteiger partial charge in [0.15, 0.2) is 11.6 Å². The molecular formula is C24H16ClF2N3. The van der Waals surface area contributed by atoms with Gasteiger partial charge in [0.05, 0.1) is 17.7 Å². The van der Waals surface area contributed by atoms with Crippen LogP contribution in [0.2, 0.25) is 5.02 Å². The molecule has 0 aliphatic carbocycles. The van der Waals surface area contributed by atoms with E-state index in [1.165, 1.54) is 12.1 Å². The Morgan fingerprint density at radius 3 is 2.43 bits per heavy atom. The molecule has 1 N–H and O–H groups in total. The summed E-state index contributed by atoms with van der Waals surface area (Å²) < 4.78 is 29.8. The van der Waals surface area contributed by atoms with Crippen LogP contribution in [-0.2, 0) is 6.54 Å². The molecular weight excluding hydrogens is 404 g/mol. The van der Waals surface area contributed by atoms with E-state index in [0.717, 1.165) is 28.1 Å². The van der Waals surface area contributed by atoms with Crippen LogP contribution in [0, 0.1) is 11.6 Å². The van der Waals surface area contributed by atoms with Gasteiger partial charge in [-0.3, -0.25) is 0 Å². The molecule has 0 unspecified atom stereocenters. The lowest BCUT2D eigenvalue weighted by atomic mass is 10.0. The predicted octanol–water partition coefficient (Wildman–Crippen LogP) is 6.68. The molecule has 0 fully saturated rings. The second-order valence-corrected chi connectivity index (χ2v) is 7.51. The molecule has 30 heavy (non-hydrogen) atoms. The number of nitrogens with one attached hydrogen (secondary N) is 1. The van der Waals surface area contributed by atoms with Crippen molar-refractivity contribution < 1.29 is 8.78 Å². The molecule has 0 aliphatic heterocycles. The molecule has 5 aromatic rings. The normalized spacial score (nSPS) is 11.3. The Morgan fingerprint density at radius 1 is 0.933 bits per heavy atom. The number of nitrogens with zero attached hydrogens (tertiary/aromatic N) is 2. The van der Waals surface area contributed by atoms with Crippen molar-refractivity contribution in [3.8, 4) is 22.5 Å². The molecule has 3 nitrogen and oxygen atoms in total. The Kier molecular flexibility index (Phi) is 4.60. The second kappa shape index (κ2) is 7.43. The second-order valence-electron chi connectivity index (χ2n) is 7.08. The average molecular weight is 420 g/mol. The average Bonchev–Trinajstić information content (AvgIpc) is 3.34. The molecule has 0 amide bonds. The Labute approximate surface area is 176 Å². The fourth-order valence-corrected chi connectivity index (χ4v) is 3.82. The van der Waals surface area contributed by atoms with Gasteiger partial charge in [-0.15, -0.1) is 0 Å². The van der Waals surface area contributed by atoms with Crippen molar-refractivity contribution in [3.63, 3.8) is 0 Å². The number of imidazole rings is 1. The van der Waals surface area contributed by atoms with Crippen LogP contribution < -0.4 is 0 Å². The maximum absolute atomic E-state index is 14.0. The maximum Gasteiger partial charge on any atom is 0.160 e. The maximum atomic E-state index is 14.0. The van der Waals surface area contributed by atoms with Crippen LogP contribution in [0.4, 0.5) is 8.78 Å². The summed E-state index contributed by atoms with van der Waals surface area (Å²) in [5.41, 5.74) is 4.88. The zero-order valence-electron chi connectivity index (χ0n) is 15.7. The Morgan fingerprint density at radius 2 is 1.67 bits per heavy atom. The largest absolute Gasteiger partial charge is 0.360 e. The van der Waals surface area contributed by atoms with Gasteiger partial charge in [-0.1, -0.05) is 54.1 Å². The topological polar surface area (TPSA) is 33.6 Å². The summed E-state index contributed by atoms with van der Waals surface area (Å²) in [6.45, 7) is 0.558. The lowest BCUT2D eigenvalue weighted by Crippen LogP contribution is -2.01. The third-order valence-electron chi connectivity index (χ3n) is 5.13. The summed E-state index contributed by atoms with van der Waals surface area (Å²) in [6, 6.07) is 19.8. The quantitative estimate of drug-likeness (QED) is 0.346. The van der Waals surface area contributed by atoms with E-state index in [9.17, 15) is 8.78 Å². The number of hydrogen-bond acceptors (Lipinski definition) is 1. The number of H-pyrrole nitrogens is 1. The molecule has 0 bridgehead atoms. The monoisotopic (exact) mass is 419 g/mol. The molecule has 0 spiro atoms. The van der Waals surface area contributed by atoms with Crippen molar-refractivity contribution >= 4 is 22.5 Å². The molecule has 2 aromatic heterocycles. The van der Waals surface area contributed by atoms with E-state index >= 15 is 0 Å². The fraction of sp³-hybridized carbons (Fsp3) is 0.0417. The molecule has 0 saturated heterocycles. The lowest BCUT2D eigenvalue weighted by molar-refractivity contribution is 0.511. The van der Waals surface area contributed by atoms with Gasteiger partial charge >= 0.3 is 0 Å². The van der Waals surface area contributed by atoms with Crippen LogP contribution in [-0.4, -0.2) is 14.5 Å². The number of halogens is 3. The SMILES string of the molecule is Fc1cc2[nH]cc(-c3c(-c4ccccc4)ncn3Cc3ccc(Cl)cc3)c2cc1F. The van der Waals surface area contributed by atoms with Gasteiger partial charge < -0.3 is 9.55 Å². The van der Waals surface area contributed by atoms with Crippen LogP contribution in [0.3, 0.4) is 0 Å². The highest BCUT2D eigenvalue weighted by Gasteiger charge is 2.19. The van der Waals surface area contributed by atoms with Gasteiger partial charge in [-0.25, -0.2) is 13.8 Å². The van der Waals surface area contributed by atoms with Crippen LogP contribution in [0.5, 0.6) is 0 Å². The first kappa shape index (κ1) is 18.6. The van der Waals surface area contributed by atoms with Crippen molar-refractivity contribution in [2.75, 3.05) is 0 Å². The number of hydrogen-bond donors (Lipinski definition) is 1. The number of fused-ring (bicyclic) bond motifs is 1. The molecule has 0 radical (unpaired) electrons. The smallest absolute Gasteiger partial charge is 0.160 e. The minimum absolute atomic E-state index is 0.530. The minimum Gasteiger partial charge on any atom is -0.360 e. The summed E-state index contributed by atoms with van der Waals surface area (Å²) in [6.07, 6.45) is 3.54. The Hall–Kier alpha value is -3.44. The number of aromatic amines is 1. The fourth-order valence-electron chi connectivity index (χ4n) is 3.69. The first-order valence-electron chi connectivity index (χ1n) is 9.41. The molecule has 5 rings (SSSR count). The summed E-state index contributed by atoms with van der Waals surface area (Å²) >= 11 is 6.01. The van der Waals surface area contributed by atoms with Gasteiger partial charge in [0.2, 0.25) is 0 Å². The van der Waals surface area contributed by atoms with E-state index in [-0.39, 0.29) is 0 Å². The van der Waals surface area contributed by atoms with Crippen molar-refractivity contribution in [2.45, 2.75) is 6.54 Å². The van der Waals surface area contributed by atoms with Crippen molar-refractivity contribution in [1.82, 2.24) is 14.5 Å². The van der Waals surface area contributed by atoms with E-state index in [1.54, 1.807) is 12.5 Å². The van der Waals surface area contributed by atoms with Crippen molar-refractivity contribution in [1.29, 1.82) is 0 Å². The van der Waals surface area contributed by atoms with Gasteiger partial charge in [-0.05, 0) is 23.8 Å². The van der Waals surface area contributed by atoms with E-state index in [1.807, 2.05) is 59.2 Å². The predicted molar refractivity (Wildman–Crippen MR) is 115 cm³/mol. The van der Waals surface area contributed by atoms with Gasteiger partial charge in [-0.2, -0.15) is 0 Å². The highest BCUT2D eigenvalue weighted by Crippen LogP contribution is 2.36. The van der Waals surface area contributed by atoms with Crippen LogP contribution >= 0.6 is 11.6 Å². The van der Waals surface area contributed by atoms with Gasteiger partial charge in [0.1, 0.15) is 0 Å². The van der Waals surface area contributed by atoms with Gasteiger partial charge in [0.25, 0.3) is 0 Å². The molecule has 3 aromatic carbocycles. The summed E-state index contributed by atoms with van der Waals surface area (Å²) in [5.74, 6) is -1.76. The first-order chi connectivity index (χ1) is 14.6. The van der Waals surface area contributed by atoms with Crippen molar-refractivity contribution in [2.24, 2.45) is 0 Å². The van der Waals surface area contributed by atoms with E-state index in [4.69, 9.17) is 11.6 Å². The highest BCUT2D eigenvalue weighted by atomic mass is 35.5. The van der Waals surface area contributed by atoms with Crippen LogP contribution in [0.25, 0.3) is 33.4 Å². The summed E-state index contributed by atoms with van der Waals surface area (Å²) in [7, 11) is 0. The molecule has 0 atom stereocenters. The minimum atomic E-state index is -0.881. The zero-order valence-corrected chi connectivity index (χ0v) is 16.5. The van der Waals surface area contributed by atoms with E-state index < -0.39 is 11.6 Å². The van der Waals surface area contributed by atoms with E-state index in [0.29, 0.717) is 22.5 Å². The summed E-state index contributed by atoms with van der Waals surface area (Å²) in [4.78, 5) is 7.71. The van der Waals surface area contributed by atoms with Crippen molar-refractivity contribution in [3.05, 3.63) is 101 Å². The molecule has 0 aliphatic rings. The molecule has 6 heteroatoms. The van der Waals surface area contributed by atoms with E-state index in [2.05, 4.69) is 9.97 Å². The van der Waals surface area contributed by atoms with Crippen LogP contribution in [0.1, 0.15) is 5.56 Å². The van der Waals surface area contributed by atoms with Gasteiger partial charge in [0, 0.05) is 45.9 Å². The summed E-state index contributed by atoms with van der Waals surface area (Å²) in [5, 5.41) is 1.27. The van der Waals surface area contributed by atoms with Crippen LogP contribution in [0.15, 0.2) is 79.3 Å². The Balaban J connectivity index is 1.71. The Bertz CT molecular complexity index is 1340. The highest BCUT2D eigenvalue weighted by molar-refractivity contribution is 6.30. The molecule has 148 valence electrons. The zero-order chi connectivity index (χ0) is 20.7. The number of aromatic nitrogens is 3. The number of benzene rings is 3.